The number of nitrogens with one attached hydrogen (secondary N) is 1. The molecule has 1 aliphatic heterocycles. The van der Waals surface area contributed by atoms with Gasteiger partial charge in [-0.25, -0.2) is 4.39 Å². The van der Waals surface area contributed by atoms with Crippen LogP contribution in [-0.2, 0) is 14.3 Å². The number of rotatable bonds is 4. The Balaban J connectivity index is 1.86. The second-order valence-corrected chi connectivity index (χ2v) is 5.95. The van der Waals surface area contributed by atoms with Crippen LogP contribution in [0.3, 0.4) is 0 Å². The van der Waals surface area contributed by atoms with E-state index >= 15 is 0 Å². The van der Waals surface area contributed by atoms with Gasteiger partial charge in [0.2, 0.25) is 5.91 Å². The second-order valence-electron chi connectivity index (χ2n) is 5.95. The van der Waals surface area contributed by atoms with Crippen LogP contribution in [0, 0.1) is 5.82 Å². The number of hydrogen-bond donors (Lipinski definition) is 1. The summed E-state index contributed by atoms with van der Waals surface area (Å²) in [6, 6.07) is 12.0. The van der Waals surface area contributed by atoms with Gasteiger partial charge < -0.3 is 19.7 Å². The fourth-order valence-corrected chi connectivity index (χ4v) is 2.90. The van der Waals surface area contributed by atoms with E-state index in [4.69, 9.17) is 9.47 Å². The van der Waals surface area contributed by atoms with Crippen molar-refractivity contribution >= 4 is 17.5 Å². The summed E-state index contributed by atoms with van der Waals surface area (Å²) in [4.78, 5) is 26.3. The second kappa shape index (κ2) is 7.53. The maximum absolute atomic E-state index is 13.2. The van der Waals surface area contributed by atoms with Crippen LogP contribution in [0.15, 0.2) is 48.5 Å². The molecule has 0 aliphatic carbocycles. The summed E-state index contributed by atoms with van der Waals surface area (Å²) in [6.07, 6.45) is -0.922. The van der Waals surface area contributed by atoms with Gasteiger partial charge in [-0.05, 0) is 29.8 Å². The van der Waals surface area contributed by atoms with E-state index in [0.29, 0.717) is 17.0 Å². The summed E-state index contributed by atoms with van der Waals surface area (Å²) in [5, 5.41) is 2.78. The van der Waals surface area contributed by atoms with Gasteiger partial charge in [0.25, 0.3) is 5.91 Å². The monoisotopic (exact) mass is 358 g/mol. The van der Waals surface area contributed by atoms with E-state index in [1.54, 1.807) is 43.4 Å². The van der Waals surface area contributed by atoms with Crippen LogP contribution in [0.2, 0.25) is 0 Å². The minimum atomic E-state index is -0.922. The molecule has 7 heteroatoms. The van der Waals surface area contributed by atoms with Gasteiger partial charge in [0.15, 0.2) is 6.10 Å². The van der Waals surface area contributed by atoms with E-state index in [1.807, 2.05) is 0 Å². The number of nitrogens with zero attached hydrogens (tertiary/aromatic N) is 1. The Kier molecular flexibility index (Phi) is 5.18. The lowest BCUT2D eigenvalue weighted by molar-refractivity contribution is -0.160. The molecule has 2 amide bonds. The molecule has 2 atom stereocenters. The average molecular weight is 358 g/mol. The lowest BCUT2D eigenvalue weighted by atomic mass is 9.97. The quantitative estimate of drug-likeness (QED) is 0.911. The van der Waals surface area contributed by atoms with Gasteiger partial charge in [0.1, 0.15) is 18.2 Å². The number of halogens is 1. The third kappa shape index (κ3) is 3.67. The molecule has 0 spiro atoms. The molecule has 1 N–H and O–H groups in total. The molecule has 136 valence electrons. The first-order valence-electron chi connectivity index (χ1n) is 8.07. The fraction of sp³-hybridized carbons (Fsp3) is 0.263. The highest BCUT2D eigenvalue weighted by Gasteiger charge is 2.40. The molecule has 2 aromatic carbocycles. The highest BCUT2D eigenvalue weighted by Crippen LogP contribution is 2.30. The fourth-order valence-electron chi connectivity index (χ4n) is 2.90. The van der Waals surface area contributed by atoms with Gasteiger partial charge in [0.05, 0.1) is 13.2 Å². The summed E-state index contributed by atoms with van der Waals surface area (Å²) < 4.78 is 23.9. The zero-order valence-electron chi connectivity index (χ0n) is 14.4. The molecule has 2 aromatic rings. The van der Waals surface area contributed by atoms with Gasteiger partial charge in [-0.2, -0.15) is 0 Å². The number of carbonyl (C=O) groups is 2. The number of ether oxygens (including phenoxy) is 2. The topological polar surface area (TPSA) is 67.9 Å². The van der Waals surface area contributed by atoms with Crippen molar-refractivity contribution in [1.29, 1.82) is 0 Å². The van der Waals surface area contributed by atoms with Gasteiger partial charge in [-0.1, -0.05) is 18.2 Å². The molecule has 0 saturated carbocycles. The highest BCUT2D eigenvalue weighted by atomic mass is 19.1. The Hall–Kier alpha value is -2.93. The average Bonchev–Trinajstić information content (AvgIpc) is 2.65. The van der Waals surface area contributed by atoms with Crippen LogP contribution < -0.4 is 10.1 Å². The lowest BCUT2D eigenvalue weighted by Crippen LogP contribution is -2.51. The van der Waals surface area contributed by atoms with Crippen molar-refractivity contribution in [2.45, 2.75) is 12.1 Å². The van der Waals surface area contributed by atoms with Gasteiger partial charge >= 0.3 is 0 Å². The highest BCUT2D eigenvalue weighted by molar-refractivity contribution is 5.96. The van der Waals surface area contributed by atoms with E-state index < -0.39 is 23.9 Å². The molecule has 1 fully saturated rings. The third-order valence-electron chi connectivity index (χ3n) is 4.29. The summed E-state index contributed by atoms with van der Waals surface area (Å²) in [5.74, 6) is -0.428. The molecule has 1 heterocycles. The van der Waals surface area contributed by atoms with Crippen molar-refractivity contribution in [2.24, 2.45) is 0 Å². The summed E-state index contributed by atoms with van der Waals surface area (Å²) >= 11 is 0. The Morgan fingerprint density at radius 1 is 1.27 bits per heavy atom. The van der Waals surface area contributed by atoms with Gasteiger partial charge in [-0.3, -0.25) is 9.59 Å². The molecule has 3 rings (SSSR count). The number of morpholine rings is 1. The molecule has 0 bridgehead atoms. The van der Waals surface area contributed by atoms with E-state index in [9.17, 15) is 14.0 Å². The summed E-state index contributed by atoms with van der Waals surface area (Å²) in [7, 11) is 3.14. The van der Waals surface area contributed by atoms with Crippen molar-refractivity contribution in [3.8, 4) is 5.75 Å². The molecular formula is C19H19FN2O4. The molecule has 0 radical (unpaired) electrons. The number of anilines is 1. The number of hydrogen-bond acceptors (Lipinski definition) is 4. The molecular weight excluding hydrogens is 339 g/mol. The van der Waals surface area contributed by atoms with Crippen molar-refractivity contribution < 1.29 is 23.5 Å². The van der Waals surface area contributed by atoms with Crippen molar-refractivity contribution in [1.82, 2.24) is 4.90 Å². The first-order chi connectivity index (χ1) is 12.5. The van der Waals surface area contributed by atoms with Crippen LogP contribution in [0.4, 0.5) is 10.1 Å². The standard InChI is InChI=1S/C19H19FN2O4/c1-22-16(23)11-26-18(17(22)12-6-8-13(20)9-7-12)19(24)21-14-4-3-5-15(10-14)25-2/h3-10,17-18H,11H2,1-2H3,(H,21,24)/t17-,18+/m1/s1. The minimum absolute atomic E-state index is 0.190. The normalized spacial score (nSPS) is 20.0. The van der Waals surface area contributed by atoms with Gasteiger partial charge in [-0.15, -0.1) is 0 Å². The molecule has 0 unspecified atom stereocenters. The zero-order chi connectivity index (χ0) is 18.7. The first-order valence-corrected chi connectivity index (χ1v) is 8.07. The largest absolute Gasteiger partial charge is 0.497 e. The van der Waals surface area contributed by atoms with Gasteiger partial charge in [0, 0.05) is 18.8 Å². The number of amides is 2. The Morgan fingerprint density at radius 3 is 2.69 bits per heavy atom. The summed E-state index contributed by atoms with van der Waals surface area (Å²) in [5.41, 5.74) is 1.17. The van der Waals surface area contributed by atoms with Crippen LogP contribution in [0.5, 0.6) is 5.75 Å². The maximum atomic E-state index is 13.2. The van der Waals surface area contributed by atoms with Crippen molar-refractivity contribution in [2.75, 3.05) is 26.1 Å². The van der Waals surface area contributed by atoms with Crippen LogP contribution >= 0.6 is 0 Å². The third-order valence-corrected chi connectivity index (χ3v) is 4.29. The predicted molar refractivity (Wildman–Crippen MR) is 93.3 cm³/mol. The van der Waals surface area contributed by atoms with Crippen LogP contribution in [0.1, 0.15) is 11.6 Å². The smallest absolute Gasteiger partial charge is 0.256 e. The van der Waals surface area contributed by atoms with E-state index in [0.717, 1.165) is 0 Å². The molecule has 1 aliphatic rings. The minimum Gasteiger partial charge on any atom is -0.497 e. The zero-order valence-corrected chi connectivity index (χ0v) is 14.4. The molecule has 6 nitrogen and oxygen atoms in total. The lowest BCUT2D eigenvalue weighted by Gasteiger charge is -2.38. The Bertz CT molecular complexity index is 809. The molecule has 1 saturated heterocycles. The molecule has 26 heavy (non-hydrogen) atoms. The van der Waals surface area contributed by atoms with Crippen molar-refractivity contribution in [3.63, 3.8) is 0 Å². The summed E-state index contributed by atoms with van der Waals surface area (Å²) in [6.45, 7) is -0.190. The van der Waals surface area contributed by atoms with E-state index in [1.165, 1.54) is 24.1 Å². The van der Waals surface area contributed by atoms with Crippen LogP contribution in [0.25, 0.3) is 0 Å². The first kappa shape index (κ1) is 17.9. The maximum Gasteiger partial charge on any atom is 0.256 e. The van der Waals surface area contributed by atoms with E-state index in [-0.39, 0.29) is 12.5 Å². The number of benzene rings is 2. The SMILES string of the molecule is COc1cccc(NC(=O)[C@H]2OCC(=O)N(C)[C@@H]2c2ccc(F)cc2)c1. The van der Waals surface area contributed by atoms with Crippen molar-refractivity contribution in [3.05, 3.63) is 59.9 Å². The van der Waals surface area contributed by atoms with E-state index in [2.05, 4.69) is 5.32 Å². The Labute approximate surface area is 150 Å². The Morgan fingerprint density at radius 2 is 2.00 bits per heavy atom. The predicted octanol–water partition coefficient (Wildman–Crippen LogP) is 2.37. The number of likely N-dealkylation sites (N-methyl/N-ethyl adjacent to an activating group) is 1. The molecule has 0 aromatic heterocycles. The number of carbonyl (C=O) groups excluding carboxylic acids is 2. The number of methoxy groups -OCH3 is 1. The van der Waals surface area contributed by atoms with Crippen LogP contribution in [-0.4, -0.2) is 43.6 Å².